The number of nitrogens with one attached hydrogen (secondary N) is 1. The first kappa shape index (κ1) is 15.6. The van der Waals surface area contributed by atoms with Crippen LogP contribution in [0.15, 0.2) is 12.3 Å². The van der Waals surface area contributed by atoms with Crippen LogP contribution in [0.25, 0.3) is 0 Å². The lowest BCUT2D eigenvalue weighted by Crippen LogP contribution is -2.45. The topological polar surface area (TPSA) is 39.1 Å². The van der Waals surface area contributed by atoms with Crippen LogP contribution in [0.1, 0.15) is 57.2 Å². The first-order valence-electron chi connectivity index (χ1n) is 9.55. The van der Waals surface area contributed by atoms with Crippen molar-refractivity contribution in [3.05, 3.63) is 18.0 Å². The number of rotatable bonds is 5. The lowest BCUT2D eigenvalue weighted by atomic mass is 9.63. The molecule has 4 fully saturated rings. The SMILES string of the molecule is CC(NC[C@@H]1CCO[C@H]1c1ccnn1C)C1CC2CCC1CC2. The summed E-state index contributed by atoms with van der Waals surface area (Å²) in [6.45, 7) is 4.37. The Morgan fingerprint density at radius 3 is 2.78 bits per heavy atom. The Hall–Kier alpha value is -0.870. The minimum Gasteiger partial charge on any atom is -0.372 e. The monoisotopic (exact) mass is 317 g/mol. The second-order valence-electron chi connectivity index (χ2n) is 8.10. The van der Waals surface area contributed by atoms with E-state index in [0.29, 0.717) is 12.0 Å². The van der Waals surface area contributed by atoms with Gasteiger partial charge in [0.05, 0.1) is 5.69 Å². The molecule has 23 heavy (non-hydrogen) atoms. The van der Waals surface area contributed by atoms with Crippen LogP contribution in [-0.2, 0) is 11.8 Å². The molecule has 0 aromatic carbocycles. The second-order valence-corrected chi connectivity index (χ2v) is 8.10. The summed E-state index contributed by atoms with van der Waals surface area (Å²) in [5, 5.41) is 8.19. The fourth-order valence-electron chi connectivity index (χ4n) is 5.36. The molecule has 2 bridgehead atoms. The van der Waals surface area contributed by atoms with E-state index in [-0.39, 0.29) is 6.10 Å². The zero-order chi connectivity index (χ0) is 15.8. The Kier molecular flexibility index (Phi) is 4.46. The molecular weight excluding hydrogens is 286 g/mol. The summed E-state index contributed by atoms with van der Waals surface area (Å²) in [7, 11) is 2.02. The van der Waals surface area contributed by atoms with Gasteiger partial charge >= 0.3 is 0 Å². The molecule has 0 amide bonds. The molecule has 1 aromatic heterocycles. The van der Waals surface area contributed by atoms with E-state index in [1.807, 2.05) is 17.9 Å². The molecule has 4 atom stereocenters. The van der Waals surface area contributed by atoms with Gasteiger partial charge in [-0.3, -0.25) is 4.68 Å². The number of ether oxygens (including phenoxy) is 1. The Morgan fingerprint density at radius 2 is 2.13 bits per heavy atom. The second kappa shape index (κ2) is 6.56. The van der Waals surface area contributed by atoms with Crippen molar-refractivity contribution in [3.63, 3.8) is 0 Å². The normalized spacial score (nSPS) is 38.1. The predicted octanol–water partition coefficient (Wildman–Crippen LogP) is 3.30. The van der Waals surface area contributed by atoms with Crippen molar-refractivity contribution in [1.29, 1.82) is 0 Å². The van der Waals surface area contributed by atoms with Gasteiger partial charge in [0.25, 0.3) is 0 Å². The zero-order valence-electron chi connectivity index (χ0n) is 14.6. The highest BCUT2D eigenvalue weighted by molar-refractivity contribution is 5.08. The number of aromatic nitrogens is 2. The van der Waals surface area contributed by atoms with Crippen LogP contribution < -0.4 is 5.32 Å². The first-order chi connectivity index (χ1) is 11.2. The lowest BCUT2D eigenvalue weighted by Gasteiger charge is -2.45. The maximum Gasteiger partial charge on any atom is 0.103 e. The van der Waals surface area contributed by atoms with E-state index in [1.165, 1.54) is 37.8 Å². The fraction of sp³-hybridized carbons (Fsp3) is 0.842. The third-order valence-corrected chi connectivity index (χ3v) is 6.81. The Labute approximate surface area is 140 Å². The molecule has 2 heterocycles. The van der Waals surface area contributed by atoms with E-state index in [0.717, 1.165) is 37.3 Å². The summed E-state index contributed by atoms with van der Waals surface area (Å²) in [6, 6.07) is 2.75. The van der Waals surface area contributed by atoms with Crippen molar-refractivity contribution in [3.8, 4) is 0 Å². The van der Waals surface area contributed by atoms with Crippen molar-refractivity contribution in [1.82, 2.24) is 15.1 Å². The molecule has 3 aliphatic carbocycles. The van der Waals surface area contributed by atoms with Gasteiger partial charge in [-0.05, 0) is 56.4 Å². The Balaban J connectivity index is 1.34. The summed E-state index contributed by atoms with van der Waals surface area (Å²) < 4.78 is 7.98. The van der Waals surface area contributed by atoms with Crippen LogP contribution in [0, 0.1) is 23.7 Å². The highest BCUT2D eigenvalue weighted by atomic mass is 16.5. The fourth-order valence-corrected chi connectivity index (χ4v) is 5.36. The Morgan fingerprint density at radius 1 is 1.30 bits per heavy atom. The summed E-state index contributed by atoms with van der Waals surface area (Å²) in [6.07, 6.45) is 10.7. The van der Waals surface area contributed by atoms with Gasteiger partial charge < -0.3 is 10.1 Å². The van der Waals surface area contributed by atoms with E-state index in [4.69, 9.17) is 4.74 Å². The molecule has 0 spiro atoms. The van der Waals surface area contributed by atoms with Crippen LogP contribution >= 0.6 is 0 Å². The average molecular weight is 317 g/mol. The van der Waals surface area contributed by atoms with Crippen LogP contribution in [0.5, 0.6) is 0 Å². The molecular formula is C19H31N3O. The Bertz CT molecular complexity index is 520. The number of nitrogens with zero attached hydrogens (tertiary/aromatic N) is 2. The van der Waals surface area contributed by atoms with Gasteiger partial charge in [0.1, 0.15) is 6.10 Å². The van der Waals surface area contributed by atoms with Gasteiger partial charge in [0, 0.05) is 38.4 Å². The van der Waals surface area contributed by atoms with Gasteiger partial charge in [-0.2, -0.15) is 5.10 Å². The summed E-state index contributed by atoms with van der Waals surface area (Å²) >= 11 is 0. The number of fused-ring (bicyclic) bond motifs is 3. The minimum absolute atomic E-state index is 0.213. The smallest absolute Gasteiger partial charge is 0.103 e. The van der Waals surface area contributed by atoms with Gasteiger partial charge in [0.15, 0.2) is 0 Å². The van der Waals surface area contributed by atoms with Crippen LogP contribution in [0.4, 0.5) is 0 Å². The molecule has 0 radical (unpaired) electrons. The van der Waals surface area contributed by atoms with E-state index >= 15 is 0 Å². The highest BCUT2D eigenvalue weighted by Crippen LogP contribution is 2.46. The molecule has 1 aliphatic heterocycles. The van der Waals surface area contributed by atoms with E-state index in [1.54, 1.807) is 0 Å². The molecule has 4 nitrogen and oxygen atoms in total. The standard InChI is InChI=1S/C19H31N3O/c1-13(17-11-14-3-5-15(17)6-4-14)20-12-16-8-10-23-19(16)18-7-9-21-22(18)2/h7,9,13-17,19-20H,3-6,8,10-12H2,1-2H3/t13?,14?,15?,16-,17?,19+/m0/s1. The van der Waals surface area contributed by atoms with Crippen molar-refractivity contribution < 1.29 is 4.74 Å². The average Bonchev–Trinajstić information content (AvgIpc) is 3.21. The molecule has 1 aromatic rings. The molecule has 128 valence electrons. The molecule has 3 saturated carbocycles. The quantitative estimate of drug-likeness (QED) is 0.905. The third-order valence-electron chi connectivity index (χ3n) is 6.81. The molecule has 4 aliphatic rings. The molecule has 1 saturated heterocycles. The van der Waals surface area contributed by atoms with Gasteiger partial charge in [-0.25, -0.2) is 0 Å². The molecule has 1 N–H and O–H groups in total. The van der Waals surface area contributed by atoms with E-state index in [9.17, 15) is 0 Å². The maximum absolute atomic E-state index is 6.02. The van der Waals surface area contributed by atoms with Crippen LogP contribution in [0.3, 0.4) is 0 Å². The minimum atomic E-state index is 0.213. The summed E-state index contributed by atoms with van der Waals surface area (Å²) in [5.41, 5.74) is 1.22. The predicted molar refractivity (Wildman–Crippen MR) is 91.0 cm³/mol. The third kappa shape index (κ3) is 3.08. The van der Waals surface area contributed by atoms with Gasteiger partial charge in [0.2, 0.25) is 0 Å². The van der Waals surface area contributed by atoms with Crippen molar-refractivity contribution in [2.24, 2.45) is 30.7 Å². The number of aryl methyl sites for hydroxylation is 1. The number of hydrogen-bond donors (Lipinski definition) is 1. The van der Waals surface area contributed by atoms with Crippen molar-refractivity contribution in [2.75, 3.05) is 13.2 Å². The molecule has 2 unspecified atom stereocenters. The lowest BCUT2D eigenvalue weighted by molar-refractivity contribution is 0.0656. The largest absolute Gasteiger partial charge is 0.372 e. The van der Waals surface area contributed by atoms with Crippen LogP contribution in [-0.4, -0.2) is 29.0 Å². The maximum atomic E-state index is 6.02. The van der Waals surface area contributed by atoms with Crippen LogP contribution in [0.2, 0.25) is 0 Å². The van der Waals surface area contributed by atoms with E-state index < -0.39 is 0 Å². The van der Waals surface area contributed by atoms with Gasteiger partial charge in [-0.15, -0.1) is 0 Å². The summed E-state index contributed by atoms with van der Waals surface area (Å²) in [4.78, 5) is 0. The zero-order valence-corrected chi connectivity index (χ0v) is 14.6. The molecule has 5 rings (SSSR count). The molecule has 4 heteroatoms. The van der Waals surface area contributed by atoms with Crippen molar-refractivity contribution in [2.45, 2.75) is 57.6 Å². The van der Waals surface area contributed by atoms with Crippen molar-refractivity contribution >= 4 is 0 Å². The van der Waals surface area contributed by atoms with E-state index in [2.05, 4.69) is 23.4 Å². The van der Waals surface area contributed by atoms with Gasteiger partial charge in [-0.1, -0.05) is 12.8 Å². The highest BCUT2D eigenvalue weighted by Gasteiger charge is 2.38. The first-order valence-corrected chi connectivity index (χ1v) is 9.55. The summed E-state index contributed by atoms with van der Waals surface area (Å²) in [5.74, 6) is 3.48. The number of hydrogen-bond acceptors (Lipinski definition) is 3.